The van der Waals surface area contributed by atoms with Gasteiger partial charge in [0.1, 0.15) is 0 Å². The molecule has 29 heavy (non-hydrogen) atoms. The maximum Gasteiger partial charge on any atom is 0.170 e. The summed E-state index contributed by atoms with van der Waals surface area (Å²) in [5, 5.41) is 4.44. The average molecular weight is 404 g/mol. The molecular formula is C23H25N5S. The van der Waals surface area contributed by atoms with E-state index in [1.54, 1.807) is 0 Å². The van der Waals surface area contributed by atoms with Crippen LogP contribution in [0, 0.1) is 0 Å². The fraction of sp³-hybridized carbons (Fsp3) is 0.348. The maximum absolute atomic E-state index is 5.84. The highest BCUT2D eigenvalue weighted by Crippen LogP contribution is 2.42. The van der Waals surface area contributed by atoms with Crippen LogP contribution >= 0.6 is 12.2 Å². The first-order valence-corrected chi connectivity index (χ1v) is 10.8. The van der Waals surface area contributed by atoms with E-state index in [1.807, 2.05) is 30.6 Å². The Morgan fingerprint density at radius 2 is 1.76 bits per heavy atom. The van der Waals surface area contributed by atoms with Crippen LogP contribution in [0.25, 0.3) is 0 Å². The van der Waals surface area contributed by atoms with Gasteiger partial charge in [0.2, 0.25) is 0 Å². The van der Waals surface area contributed by atoms with Gasteiger partial charge in [-0.15, -0.1) is 0 Å². The lowest BCUT2D eigenvalue weighted by Gasteiger charge is -2.33. The van der Waals surface area contributed by atoms with E-state index >= 15 is 0 Å². The summed E-state index contributed by atoms with van der Waals surface area (Å²) in [4.78, 5) is 11.6. The van der Waals surface area contributed by atoms with E-state index in [2.05, 4.69) is 61.3 Å². The minimum atomic E-state index is 0.0432. The summed E-state index contributed by atoms with van der Waals surface area (Å²) < 4.78 is 2.31. The Bertz CT molecular complexity index is 965. The van der Waals surface area contributed by atoms with Gasteiger partial charge in [-0.25, -0.2) is 0 Å². The first kappa shape index (κ1) is 18.3. The lowest BCUT2D eigenvalue weighted by Crippen LogP contribution is -2.38. The molecule has 148 valence electrons. The lowest BCUT2D eigenvalue weighted by molar-refractivity contribution is 0.237. The van der Waals surface area contributed by atoms with Gasteiger partial charge in [-0.2, -0.15) is 0 Å². The molecule has 4 heterocycles. The molecule has 1 N–H and O–H groups in total. The Morgan fingerprint density at radius 3 is 2.48 bits per heavy atom. The van der Waals surface area contributed by atoms with Crippen molar-refractivity contribution in [2.24, 2.45) is 0 Å². The predicted octanol–water partition coefficient (Wildman–Crippen LogP) is 4.24. The summed E-state index contributed by atoms with van der Waals surface area (Å²) in [6.45, 7) is 0.750. The number of hydrogen-bond donors (Lipinski definition) is 1. The van der Waals surface area contributed by atoms with Crippen LogP contribution in [0.5, 0.6) is 0 Å². The average Bonchev–Trinajstić information content (AvgIpc) is 3.49. The van der Waals surface area contributed by atoms with Gasteiger partial charge in [0.05, 0.1) is 30.0 Å². The Morgan fingerprint density at radius 1 is 0.966 bits per heavy atom. The zero-order chi connectivity index (χ0) is 19.6. The van der Waals surface area contributed by atoms with Gasteiger partial charge in [0.25, 0.3) is 0 Å². The summed E-state index contributed by atoms with van der Waals surface area (Å²) in [7, 11) is 0. The molecule has 1 saturated carbocycles. The quantitative estimate of drug-likeness (QED) is 0.646. The zero-order valence-electron chi connectivity index (χ0n) is 16.3. The van der Waals surface area contributed by atoms with E-state index < -0.39 is 0 Å². The van der Waals surface area contributed by atoms with Crippen LogP contribution in [0.2, 0.25) is 0 Å². The van der Waals surface area contributed by atoms with Crippen molar-refractivity contribution in [3.8, 4) is 0 Å². The van der Waals surface area contributed by atoms with Crippen molar-refractivity contribution in [3.05, 3.63) is 84.2 Å². The van der Waals surface area contributed by atoms with Crippen molar-refractivity contribution < 1.29 is 0 Å². The molecule has 6 heteroatoms. The summed E-state index contributed by atoms with van der Waals surface area (Å²) in [6.07, 6.45) is 10.8. The van der Waals surface area contributed by atoms with Crippen LogP contribution in [-0.4, -0.2) is 30.6 Å². The first-order chi connectivity index (χ1) is 14.3. The molecule has 1 aliphatic carbocycles. The van der Waals surface area contributed by atoms with E-state index in [-0.39, 0.29) is 12.1 Å². The third-order valence-corrected chi connectivity index (χ3v) is 6.41. The SMILES string of the molecule is S=C1N[C@H](c2ccccn2)[C@@H](c2cccn2Cc2ccccn2)N1C1CCCC1. The third-order valence-electron chi connectivity index (χ3n) is 6.08. The van der Waals surface area contributed by atoms with E-state index in [9.17, 15) is 0 Å². The Labute approximate surface area is 176 Å². The molecule has 5 nitrogen and oxygen atoms in total. The summed E-state index contributed by atoms with van der Waals surface area (Å²) in [5.41, 5.74) is 3.34. The fourth-order valence-corrected chi connectivity index (χ4v) is 5.15. The minimum absolute atomic E-state index is 0.0432. The van der Waals surface area contributed by atoms with Crippen molar-refractivity contribution in [3.63, 3.8) is 0 Å². The molecule has 1 aliphatic heterocycles. The zero-order valence-corrected chi connectivity index (χ0v) is 17.1. The number of thiocarbonyl (C=S) groups is 1. The molecule has 2 aliphatic rings. The Balaban J connectivity index is 1.55. The van der Waals surface area contributed by atoms with Crippen LogP contribution in [-0.2, 0) is 6.54 Å². The highest BCUT2D eigenvalue weighted by molar-refractivity contribution is 7.80. The topological polar surface area (TPSA) is 46.0 Å². The van der Waals surface area contributed by atoms with Crippen molar-refractivity contribution >= 4 is 17.3 Å². The van der Waals surface area contributed by atoms with Crippen molar-refractivity contribution in [1.29, 1.82) is 0 Å². The van der Waals surface area contributed by atoms with Crippen molar-refractivity contribution in [1.82, 2.24) is 24.8 Å². The molecule has 0 radical (unpaired) electrons. The van der Waals surface area contributed by atoms with E-state index in [0.717, 1.165) is 23.0 Å². The molecule has 0 bridgehead atoms. The highest BCUT2D eigenvalue weighted by atomic mass is 32.1. The second-order valence-corrected chi connectivity index (χ2v) is 8.24. The molecule has 3 aromatic heterocycles. The van der Waals surface area contributed by atoms with Crippen molar-refractivity contribution in [2.75, 3.05) is 0 Å². The molecule has 0 amide bonds. The van der Waals surface area contributed by atoms with Gasteiger partial charge in [-0.05, 0) is 61.5 Å². The third kappa shape index (κ3) is 3.53. The number of nitrogens with zero attached hydrogens (tertiary/aromatic N) is 4. The van der Waals surface area contributed by atoms with Crippen LogP contribution in [0.3, 0.4) is 0 Å². The van der Waals surface area contributed by atoms with Gasteiger partial charge < -0.3 is 14.8 Å². The summed E-state index contributed by atoms with van der Waals surface area (Å²) in [6, 6.07) is 17.2. The van der Waals surface area contributed by atoms with Crippen LogP contribution in [0.1, 0.15) is 54.8 Å². The van der Waals surface area contributed by atoms with E-state index in [0.29, 0.717) is 6.04 Å². The number of rotatable bonds is 5. The molecule has 2 fully saturated rings. The second-order valence-electron chi connectivity index (χ2n) is 7.85. The normalized spacial score (nSPS) is 22.2. The number of hydrogen-bond acceptors (Lipinski definition) is 3. The van der Waals surface area contributed by atoms with E-state index in [4.69, 9.17) is 12.2 Å². The number of pyridine rings is 2. The fourth-order valence-electron chi connectivity index (χ4n) is 4.76. The monoisotopic (exact) mass is 403 g/mol. The van der Waals surface area contributed by atoms with Gasteiger partial charge in [0.15, 0.2) is 5.11 Å². The molecule has 5 rings (SSSR count). The van der Waals surface area contributed by atoms with Crippen molar-refractivity contribution in [2.45, 2.75) is 50.4 Å². The van der Waals surface area contributed by atoms with Gasteiger partial charge in [-0.3, -0.25) is 9.97 Å². The second kappa shape index (κ2) is 7.95. The lowest BCUT2D eigenvalue weighted by atomic mass is 9.99. The maximum atomic E-state index is 5.84. The largest absolute Gasteiger partial charge is 0.352 e. The molecule has 0 aromatic carbocycles. The number of nitrogens with one attached hydrogen (secondary N) is 1. The Hall–Kier alpha value is -2.73. The Kier molecular flexibility index (Phi) is 5.02. The number of aromatic nitrogens is 3. The molecule has 0 spiro atoms. The first-order valence-electron chi connectivity index (χ1n) is 10.4. The smallest absolute Gasteiger partial charge is 0.170 e. The minimum Gasteiger partial charge on any atom is -0.352 e. The predicted molar refractivity (Wildman–Crippen MR) is 117 cm³/mol. The molecule has 1 saturated heterocycles. The highest BCUT2D eigenvalue weighted by Gasteiger charge is 2.44. The van der Waals surface area contributed by atoms with E-state index in [1.165, 1.54) is 31.4 Å². The molecular weight excluding hydrogens is 378 g/mol. The summed E-state index contributed by atoms with van der Waals surface area (Å²) >= 11 is 5.84. The summed E-state index contributed by atoms with van der Waals surface area (Å²) in [5.74, 6) is 0. The molecule has 0 unspecified atom stereocenters. The van der Waals surface area contributed by atoms with Crippen LogP contribution in [0.4, 0.5) is 0 Å². The molecule has 2 atom stereocenters. The van der Waals surface area contributed by atoms with Gasteiger partial charge in [-0.1, -0.05) is 25.0 Å². The standard InChI is InChI=1S/C23H25N5S/c29-23-26-21(19-11-4-6-14-25-19)22(28(23)18-9-1-2-10-18)20-12-7-15-27(20)16-17-8-3-5-13-24-17/h3-8,11-15,18,21-22H,1-2,9-10,16H2,(H,26,29)/t21-,22-/m1/s1. The molecule has 3 aromatic rings. The van der Waals surface area contributed by atoms with Gasteiger partial charge >= 0.3 is 0 Å². The van der Waals surface area contributed by atoms with Crippen LogP contribution in [0.15, 0.2) is 67.1 Å². The van der Waals surface area contributed by atoms with Gasteiger partial charge in [0, 0.05) is 30.3 Å². The van der Waals surface area contributed by atoms with Crippen LogP contribution < -0.4 is 5.32 Å².